The van der Waals surface area contributed by atoms with Crippen molar-refractivity contribution in [1.82, 2.24) is 4.98 Å². The number of carbonyl (C=O) groups excluding carboxylic acids is 1. The Hall–Kier alpha value is -3.38. The van der Waals surface area contributed by atoms with Crippen LogP contribution >= 0.6 is 11.3 Å². The van der Waals surface area contributed by atoms with Crippen LogP contribution in [-0.4, -0.2) is 25.1 Å². The van der Waals surface area contributed by atoms with E-state index >= 15 is 0 Å². The lowest BCUT2D eigenvalue weighted by molar-refractivity contribution is 0.102. The number of nitrogens with zero attached hydrogens (tertiary/aromatic N) is 1. The third-order valence-corrected chi connectivity index (χ3v) is 5.17. The number of benzene rings is 3. The van der Waals surface area contributed by atoms with Crippen LogP contribution in [0.3, 0.4) is 0 Å². The van der Waals surface area contributed by atoms with Gasteiger partial charge >= 0.3 is 0 Å². The largest absolute Gasteiger partial charge is 0.497 e. The number of ether oxygens (including phenoxy) is 2. The molecule has 1 amide bonds. The number of nitrogens with one attached hydrogen (secondary N) is 1. The molecule has 0 bridgehead atoms. The van der Waals surface area contributed by atoms with E-state index < -0.39 is 0 Å². The van der Waals surface area contributed by atoms with Crippen LogP contribution in [0.15, 0.2) is 66.2 Å². The first kappa shape index (κ1) is 18.0. The molecule has 0 saturated heterocycles. The maximum Gasteiger partial charge on any atom is 0.261 e. The number of hydrogen-bond acceptors (Lipinski definition) is 5. The van der Waals surface area contributed by atoms with Crippen LogP contribution in [0.25, 0.3) is 21.9 Å². The normalized spacial score (nSPS) is 10.6. The van der Waals surface area contributed by atoms with Crippen LogP contribution in [0.4, 0.5) is 5.13 Å². The van der Waals surface area contributed by atoms with E-state index in [-0.39, 0.29) is 5.91 Å². The van der Waals surface area contributed by atoms with Gasteiger partial charge in [-0.15, -0.1) is 11.3 Å². The molecule has 0 aliphatic carbocycles. The summed E-state index contributed by atoms with van der Waals surface area (Å²) in [6, 6.07) is 17.7. The Labute approximate surface area is 166 Å². The summed E-state index contributed by atoms with van der Waals surface area (Å²) in [5, 5.41) is 6.98. The van der Waals surface area contributed by atoms with Crippen LogP contribution in [0.5, 0.6) is 11.5 Å². The van der Waals surface area contributed by atoms with E-state index in [1.807, 2.05) is 53.9 Å². The summed E-state index contributed by atoms with van der Waals surface area (Å²) in [6.07, 6.45) is 1.65. The van der Waals surface area contributed by atoms with Gasteiger partial charge in [0, 0.05) is 11.6 Å². The Bertz CT molecular complexity index is 1140. The van der Waals surface area contributed by atoms with E-state index in [1.54, 1.807) is 20.4 Å². The predicted octanol–water partition coefficient (Wildman–Crippen LogP) is 5.23. The lowest BCUT2D eigenvalue weighted by atomic mass is 9.97. The smallest absolute Gasteiger partial charge is 0.261 e. The zero-order valence-electron chi connectivity index (χ0n) is 15.4. The second-order valence-corrected chi connectivity index (χ2v) is 7.00. The van der Waals surface area contributed by atoms with Crippen LogP contribution in [0.2, 0.25) is 0 Å². The Morgan fingerprint density at radius 3 is 2.61 bits per heavy atom. The third-order valence-electron chi connectivity index (χ3n) is 4.48. The molecular formula is C22H18N2O3S. The molecule has 3 aromatic carbocycles. The average molecular weight is 390 g/mol. The molecule has 0 aliphatic heterocycles. The molecule has 0 atom stereocenters. The maximum absolute atomic E-state index is 12.9. The SMILES string of the molecule is COc1cccc(-c2ccc3c(C(=O)Nc4nccs4)c(OC)ccc3c2)c1. The molecule has 28 heavy (non-hydrogen) atoms. The van der Waals surface area contributed by atoms with Gasteiger partial charge in [0.05, 0.1) is 19.8 Å². The Morgan fingerprint density at radius 2 is 1.86 bits per heavy atom. The highest BCUT2D eigenvalue weighted by Gasteiger charge is 2.18. The number of fused-ring (bicyclic) bond motifs is 1. The lowest BCUT2D eigenvalue weighted by Gasteiger charge is -2.13. The molecular weight excluding hydrogens is 372 g/mol. The van der Waals surface area contributed by atoms with Crippen LogP contribution in [0.1, 0.15) is 10.4 Å². The lowest BCUT2D eigenvalue weighted by Crippen LogP contribution is -2.13. The van der Waals surface area contributed by atoms with Gasteiger partial charge in [0.2, 0.25) is 0 Å². The Kier molecular flexibility index (Phi) is 4.95. The number of carbonyl (C=O) groups is 1. The van der Waals surface area contributed by atoms with Crippen molar-refractivity contribution in [3.8, 4) is 22.6 Å². The zero-order valence-corrected chi connectivity index (χ0v) is 16.2. The minimum absolute atomic E-state index is 0.244. The van der Waals surface area contributed by atoms with E-state index in [9.17, 15) is 4.79 Å². The van der Waals surface area contributed by atoms with Gasteiger partial charge in [-0.3, -0.25) is 10.1 Å². The number of aromatic nitrogens is 1. The molecule has 5 nitrogen and oxygen atoms in total. The number of hydrogen-bond donors (Lipinski definition) is 1. The Morgan fingerprint density at radius 1 is 1.00 bits per heavy atom. The molecule has 0 radical (unpaired) electrons. The fourth-order valence-corrected chi connectivity index (χ4v) is 3.67. The summed E-state index contributed by atoms with van der Waals surface area (Å²) in [6.45, 7) is 0. The van der Waals surface area contributed by atoms with E-state index in [0.717, 1.165) is 27.6 Å². The van der Waals surface area contributed by atoms with Gasteiger partial charge in [0.15, 0.2) is 5.13 Å². The standard InChI is InChI=1S/C22H18N2O3S/c1-26-17-5-3-4-14(13-17)15-6-8-18-16(12-15)7-9-19(27-2)20(18)21(25)24-22-23-10-11-28-22/h3-13H,1-2H3,(H,23,24,25). The molecule has 6 heteroatoms. The molecule has 1 heterocycles. The minimum Gasteiger partial charge on any atom is -0.497 e. The maximum atomic E-state index is 12.9. The first-order valence-electron chi connectivity index (χ1n) is 8.65. The molecule has 140 valence electrons. The van der Waals surface area contributed by atoms with E-state index in [0.29, 0.717) is 16.4 Å². The van der Waals surface area contributed by atoms with Crippen molar-refractivity contribution in [1.29, 1.82) is 0 Å². The number of amides is 1. The van der Waals surface area contributed by atoms with Crippen molar-refractivity contribution in [3.63, 3.8) is 0 Å². The molecule has 4 rings (SSSR count). The summed E-state index contributed by atoms with van der Waals surface area (Å²) in [5.41, 5.74) is 2.58. The molecule has 4 aromatic rings. The molecule has 0 spiro atoms. The van der Waals surface area contributed by atoms with Gasteiger partial charge in [-0.1, -0.05) is 30.3 Å². The molecule has 1 aromatic heterocycles. The Balaban J connectivity index is 1.79. The first-order chi connectivity index (χ1) is 13.7. The van der Waals surface area contributed by atoms with Gasteiger partial charge in [-0.05, 0) is 46.2 Å². The van der Waals surface area contributed by atoms with Crippen molar-refractivity contribution in [3.05, 3.63) is 71.7 Å². The summed E-state index contributed by atoms with van der Waals surface area (Å²) in [7, 11) is 3.21. The third kappa shape index (κ3) is 3.42. The number of methoxy groups -OCH3 is 2. The summed E-state index contributed by atoms with van der Waals surface area (Å²) in [5.74, 6) is 1.08. The van der Waals surface area contributed by atoms with Crippen molar-refractivity contribution in [2.24, 2.45) is 0 Å². The van der Waals surface area contributed by atoms with E-state index in [2.05, 4.69) is 16.4 Å². The highest BCUT2D eigenvalue weighted by Crippen LogP contribution is 2.33. The molecule has 1 N–H and O–H groups in total. The van der Waals surface area contributed by atoms with Crippen molar-refractivity contribution in [2.45, 2.75) is 0 Å². The second kappa shape index (κ2) is 7.70. The molecule has 0 aliphatic rings. The summed E-state index contributed by atoms with van der Waals surface area (Å²) in [4.78, 5) is 17.0. The number of anilines is 1. The first-order valence-corrected chi connectivity index (χ1v) is 9.53. The van der Waals surface area contributed by atoms with E-state index in [4.69, 9.17) is 9.47 Å². The van der Waals surface area contributed by atoms with Gasteiger partial charge < -0.3 is 9.47 Å². The zero-order chi connectivity index (χ0) is 19.5. The van der Waals surface area contributed by atoms with Crippen LogP contribution in [0, 0.1) is 0 Å². The summed E-state index contributed by atoms with van der Waals surface area (Å²) < 4.78 is 10.8. The molecule has 0 fully saturated rings. The number of rotatable bonds is 5. The average Bonchev–Trinajstić information content (AvgIpc) is 3.25. The quantitative estimate of drug-likeness (QED) is 0.507. The van der Waals surface area contributed by atoms with Crippen LogP contribution in [-0.2, 0) is 0 Å². The topological polar surface area (TPSA) is 60.5 Å². The van der Waals surface area contributed by atoms with E-state index in [1.165, 1.54) is 11.3 Å². The van der Waals surface area contributed by atoms with Crippen LogP contribution < -0.4 is 14.8 Å². The summed E-state index contributed by atoms with van der Waals surface area (Å²) >= 11 is 1.37. The molecule has 0 saturated carbocycles. The van der Waals surface area contributed by atoms with Gasteiger partial charge in [-0.2, -0.15) is 0 Å². The fourth-order valence-electron chi connectivity index (χ4n) is 3.14. The highest BCUT2D eigenvalue weighted by molar-refractivity contribution is 7.13. The van der Waals surface area contributed by atoms with Gasteiger partial charge in [-0.25, -0.2) is 4.98 Å². The second-order valence-electron chi connectivity index (χ2n) is 6.10. The minimum atomic E-state index is -0.244. The van der Waals surface area contributed by atoms with Gasteiger partial charge in [0.25, 0.3) is 5.91 Å². The van der Waals surface area contributed by atoms with Crippen molar-refractivity contribution >= 4 is 33.1 Å². The number of thiazole rings is 1. The van der Waals surface area contributed by atoms with Crippen molar-refractivity contribution in [2.75, 3.05) is 19.5 Å². The fraction of sp³-hybridized carbons (Fsp3) is 0.0909. The predicted molar refractivity (Wildman–Crippen MR) is 113 cm³/mol. The molecule has 0 unspecified atom stereocenters. The van der Waals surface area contributed by atoms with Gasteiger partial charge in [0.1, 0.15) is 11.5 Å². The monoisotopic (exact) mass is 390 g/mol. The van der Waals surface area contributed by atoms with Crippen molar-refractivity contribution < 1.29 is 14.3 Å². The highest BCUT2D eigenvalue weighted by atomic mass is 32.1.